The fraction of sp³-hybridized carbons (Fsp3) is 0.104. The summed E-state index contributed by atoms with van der Waals surface area (Å²) in [4.78, 5) is 15.5. The maximum Gasteiger partial charge on any atom is 0.0890 e. The highest BCUT2D eigenvalue weighted by molar-refractivity contribution is 6.07. The van der Waals surface area contributed by atoms with Gasteiger partial charge in [0.15, 0.2) is 0 Å². The number of allylic oxidation sites excluding steroid dienone is 7. The fourth-order valence-corrected chi connectivity index (χ4v) is 7.76. The molecule has 0 saturated heterocycles. The molecule has 0 fully saturated rings. The van der Waals surface area contributed by atoms with Crippen molar-refractivity contribution < 1.29 is 0 Å². The molecule has 4 heteroatoms. The SMILES string of the molecule is CC1(c2cccc(-c3cccc(C4=CC(c5ccccc5)C5(C)C=CC=CC5=N4)n3)c2)C=CC=C(c2cc(-c3ccccc3)c3ccccc3n2)N1. The Bertz CT molecular complexity index is 2520. The second-order valence-corrected chi connectivity index (χ2v) is 14.1. The Morgan fingerprint density at radius 2 is 1.37 bits per heavy atom. The zero-order chi connectivity index (χ0) is 35.1. The molecule has 3 aliphatic rings. The molecule has 4 nitrogen and oxygen atoms in total. The number of nitrogens with one attached hydrogen (secondary N) is 1. The molecule has 4 heterocycles. The summed E-state index contributed by atoms with van der Waals surface area (Å²) >= 11 is 0. The number of aromatic nitrogens is 2. The van der Waals surface area contributed by atoms with Crippen molar-refractivity contribution in [3.63, 3.8) is 0 Å². The van der Waals surface area contributed by atoms with Gasteiger partial charge in [0.1, 0.15) is 0 Å². The van der Waals surface area contributed by atoms with Crippen LogP contribution in [0, 0.1) is 5.41 Å². The quantitative estimate of drug-likeness (QED) is 0.192. The number of para-hydroxylation sites is 1. The molecule has 3 atom stereocenters. The first-order valence-corrected chi connectivity index (χ1v) is 17.9. The maximum atomic E-state index is 5.22. The molecule has 6 aromatic rings. The zero-order valence-corrected chi connectivity index (χ0v) is 29.2. The van der Waals surface area contributed by atoms with Gasteiger partial charge in [0.25, 0.3) is 0 Å². The summed E-state index contributed by atoms with van der Waals surface area (Å²) in [6.07, 6.45) is 17.4. The molecule has 9 rings (SSSR count). The van der Waals surface area contributed by atoms with E-state index in [4.69, 9.17) is 15.0 Å². The summed E-state index contributed by atoms with van der Waals surface area (Å²) in [5, 5.41) is 4.99. The van der Waals surface area contributed by atoms with E-state index in [1.807, 2.05) is 0 Å². The van der Waals surface area contributed by atoms with Crippen LogP contribution in [0.5, 0.6) is 0 Å². The van der Waals surface area contributed by atoms with Crippen LogP contribution in [0.4, 0.5) is 0 Å². The Balaban J connectivity index is 1.04. The number of hydrogen-bond acceptors (Lipinski definition) is 4. The number of rotatable bonds is 6. The summed E-state index contributed by atoms with van der Waals surface area (Å²) in [5.41, 5.74) is 11.7. The Hall–Kier alpha value is -6.39. The minimum atomic E-state index is -0.468. The average molecular weight is 671 g/mol. The van der Waals surface area contributed by atoms with Crippen LogP contribution in [0.3, 0.4) is 0 Å². The van der Waals surface area contributed by atoms with Crippen LogP contribution >= 0.6 is 0 Å². The van der Waals surface area contributed by atoms with Crippen molar-refractivity contribution in [1.29, 1.82) is 0 Å². The van der Waals surface area contributed by atoms with Gasteiger partial charge in [0.2, 0.25) is 0 Å². The lowest BCUT2D eigenvalue weighted by Gasteiger charge is -2.38. The van der Waals surface area contributed by atoms with Crippen LogP contribution in [0.2, 0.25) is 0 Å². The molecule has 52 heavy (non-hydrogen) atoms. The topological polar surface area (TPSA) is 50.2 Å². The van der Waals surface area contributed by atoms with Crippen LogP contribution in [-0.2, 0) is 5.54 Å². The van der Waals surface area contributed by atoms with Gasteiger partial charge in [-0.1, -0.05) is 134 Å². The van der Waals surface area contributed by atoms with Gasteiger partial charge < -0.3 is 5.32 Å². The number of dihydropyridines is 1. The highest BCUT2D eigenvalue weighted by Gasteiger charge is 2.39. The summed E-state index contributed by atoms with van der Waals surface area (Å²) in [6, 6.07) is 46.8. The minimum Gasteiger partial charge on any atom is -0.371 e. The number of benzene rings is 4. The van der Waals surface area contributed by atoms with E-state index in [0.717, 1.165) is 56.2 Å². The summed E-state index contributed by atoms with van der Waals surface area (Å²) < 4.78 is 0. The first kappa shape index (κ1) is 31.6. The Morgan fingerprint density at radius 1 is 0.615 bits per heavy atom. The minimum absolute atomic E-state index is 0.137. The van der Waals surface area contributed by atoms with Crippen molar-refractivity contribution in [2.24, 2.45) is 10.4 Å². The van der Waals surface area contributed by atoms with Gasteiger partial charge in [0, 0.05) is 22.3 Å². The monoisotopic (exact) mass is 670 g/mol. The van der Waals surface area contributed by atoms with E-state index in [1.165, 1.54) is 16.7 Å². The first-order valence-electron chi connectivity index (χ1n) is 17.9. The van der Waals surface area contributed by atoms with Gasteiger partial charge in [0.05, 0.1) is 45.2 Å². The summed E-state index contributed by atoms with van der Waals surface area (Å²) in [7, 11) is 0. The van der Waals surface area contributed by atoms with E-state index >= 15 is 0 Å². The number of hydrogen-bond donors (Lipinski definition) is 1. The zero-order valence-electron chi connectivity index (χ0n) is 29.2. The molecule has 2 aromatic heterocycles. The van der Waals surface area contributed by atoms with Gasteiger partial charge in [-0.3, -0.25) is 4.99 Å². The van der Waals surface area contributed by atoms with Crippen molar-refractivity contribution in [2.75, 3.05) is 0 Å². The highest BCUT2D eigenvalue weighted by atomic mass is 15.0. The molecular formula is C48H38N4. The Morgan fingerprint density at radius 3 is 2.23 bits per heavy atom. The van der Waals surface area contributed by atoms with E-state index in [2.05, 4.69) is 201 Å². The molecule has 250 valence electrons. The molecule has 0 bridgehead atoms. The molecule has 0 radical (unpaired) electrons. The molecular weight excluding hydrogens is 633 g/mol. The van der Waals surface area contributed by atoms with E-state index < -0.39 is 5.54 Å². The lowest BCUT2D eigenvalue weighted by Crippen LogP contribution is -2.38. The predicted octanol–water partition coefficient (Wildman–Crippen LogP) is 11.1. The van der Waals surface area contributed by atoms with E-state index in [1.54, 1.807) is 0 Å². The lowest BCUT2D eigenvalue weighted by molar-refractivity contribution is 0.523. The van der Waals surface area contributed by atoms with Crippen molar-refractivity contribution in [3.8, 4) is 22.4 Å². The van der Waals surface area contributed by atoms with Crippen molar-refractivity contribution in [3.05, 3.63) is 205 Å². The van der Waals surface area contributed by atoms with E-state index in [9.17, 15) is 0 Å². The number of fused-ring (bicyclic) bond motifs is 2. The van der Waals surface area contributed by atoms with E-state index in [0.29, 0.717) is 0 Å². The molecule has 2 aliphatic heterocycles. The second-order valence-electron chi connectivity index (χ2n) is 14.1. The third-order valence-corrected chi connectivity index (χ3v) is 10.7. The summed E-state index contributed by atoms with van der Waals surface area (Å²) in [5.74, 6) is 0.137. The molecule has 0 saturated carbocycles. The normalized spacial score (nSPS) is 21.9. The molecule has 4 aromatic carbocycles. The van der Waals surface area contributed by atoms with Gasteiger partial charge in [-0.2, -0.15) is 0 Å². The van der Waals surface area contributed by atoms with Crippen LogP contribution in [0.25, 0.3) is 44.7 Å². The van der Waals surface area contributed by atoms with Crippen molar-refractivity contribution in [2.45, 2.75) is 25.3 Å². The van der Waals surface area contributed by atoms with Gasteiger partial charge in [-0.05, 0) is 84.7 Å². The standard InChI is InChI=1S/C48H38N4/c1-47-28-12-11-27-46(47)51-45(32-39(47)34-18-7-4-8-19-34)42-25-14-24-40(49-42)35-20-13-21-36(30-35)48(2)29-15-26-43(52-48)44-31-38(33-16-5-3-6-17-33)37-22-9-10-23-41(37)50-44/h3-32,39,52H,1-2H3. The van der Waals surface area contributed by atoms with E-state index in [-0.39, 0.29) is 11.3 Å². The molecule has 1 aliphatic carbocycles. The maximum absolute atomic E-state index is 5.22. The second kappa shape index (κ2) is 12.7. The first-order chi connectivity index (χ1) is 25.5. The van der Waals surface area contributed by atoms with Gasteiger partial charge >= 0.3 is 0 Å². The van der Waals surface area contributed by atoms with Crippen LogP contribution in [-0.4, -0.2) is 15.7 Å². The van der Waals surface area contributed by atoms with Gasteiger partial charge in [-0.25, -0.2) is 9.97 Å². The van der Waals surface area contributed by atoms with Crippen molar-refractivity contribution >= 4 is 28.0 Å². The van der Waals surface area contributed by atoms with Crippen LogP contribution < -0.4 is 5.32 Å². The smallest absolute Gasteiger partial charge is 0.0890 e. The van der Waals surface area contributed by atoms with Crippen LogP contribution in [0.15, 0.2) is 187 Å². The number of nitrogens with zero attached hydrogens (tertiary/aromatic N) is 3. The molecule has 1 N–H and O–H groups in total. The Labute approximate surface area is 305 Å². The average Bonchev–Trinajstić information content (AvgIpc) is 3.20. The third kappa shape index (κ3) is 5.63. The molecule has 0 amide bonds. The van der Waals surface area contributed by atoms with Crippen molar-refractivity contribution in [1.82, 2.24) is 15.3 Å². The largest absolute Gasteiger partial charge is 0.371 e. The fourth-order valence-electron chi connectivity index (χ4n) is 7.76. The summed E-state index contributed by atoms with van der Waals surface area (Å²) in [6.45, 7) is 4.49. The molecule has 0 spiro atoms. The van der Waals surface area contributed by atoms with Crippen LogP contribution in [0.1, 0.15) is 42.3 Å². The third-order valence-electron chi connectivity index (χ3n) is 10.7. The molecule has 3 unspecified atom stereocenters. The number of pyridine rings is 2. The predicted molar refractivity (Wildman–Crippen MR) is 215 cm³/mol. The highest BCUT2D eigenvalue weighted by Crippen LogP contribution is 2.46. The van der Waals surface area contributed by atoms with Gasteiger partial charge in [-0.15, -0.1) is 0 Å². The number of aliphatic imine (C=N–C) groups is 1. The lowest BCUT2D eigenvalue weighted by atomic mass is 9.67. The Kier molecular flexibility index (Phi) is 7.74.